The molecule has 2 nitrogen and oxygen atoms in total. The lowest BCUT2D eigenvalue weighted by molar-refractivity contribution is 0.0644. The highest BCUT2D eigenvalue weighted by Crippen LogP contribution is 2.54. The second-order valence-electron chi connectivity index (χ2n) is 5.49. The molecule has 3 atom stereocenters. The average molecular weight is 252 g/mol. The van der Waals surface area contributed by atoms with Crippen LogP contribution in [0.15, 0.2) is 60.7 Å². The fourth-order valence-corrected chi connectivity index (χ4v) is 3.53. The van der Waals surface area contributed by atoms with Crippen LogP contribution in [0.2, 0.25) is 0 Å². The smallest absolute Gasteiger partial charge is 0.111 e. The summed E-state index contributed by atoms with van der Waals surface area (Å²) in [7, 11) is 0. The summed E-state index contributed by atoms with van der Waals surface area (Å²) in [5.74, 6) is 0. The molecule has 2 fully saturated rings. The van der Waals surface area contributed by atoms with E-state index in [9.17, 15) is 5.11 Å². The van der Waals surface area contributed by atoms with Crippen molar-refractivity contribution in [2.75, 3.05) is 0 Å². The Hall–Kier alpha value is -1.64. The van der Waals surface area contributed by atoms with E-state index in [0.29, 0.717) is 0 Å². The minimum Gasteiger partial charge on any atom is -0.389 e. The Labute approximate surface area is 112 Å². The number of aliphatic hydroxyl groups excluding tert-OH is 1. The molecule has 0 unspecified atom stereocenters. The van der Waals surface area contributed by atoms with Crippen LogP contribution in [0.3, 0.4) is 0 Å². The van der Waals surface area contributed by atoms with Crippen molar-refractivity contribution >= 4 is 0 Å². The lowest BCUT2D eigenvalue weighted by atomic mass is 9.71. The van der Waals surface area contributed by atoms with E-state index < -0.39 is 6.10 Å². The zero-order chi connectivity index (χ0) is 12.9. The van der Waals surface area contributed by atoms with E-state index in [1.807, 2.05) is 36.4 Å². The number of benzene rings is 2. The van der Waals surface area contributed by atoms with Crippen molar-refractivity contribution in [3.63, 3.8) is 0 Å². The SMILES string of the molecule is O[C@H]1[C@H]2O[C@H]2CC1(c1ccccc1)c1ccccc1. The Balaban J connectivity index is 1.90. The van der Waals surface area contributed by atoms with Gasteiger partial charge in [-0.15, -0.1) is 0 Å². The molecule has 0 radical (unpaired) electrons. The van der Waals surface area contributed by atoms with Crippen molar-refractivity contribution < 1.29 is 9.84 Å². The van der Waals surface area contributed by atoms with E-state index in [2.05, 4.69) is 24.3 Å². The Morgan fingerprint density at radius 2 is 1.42 bits per heavy atom. The zero-order valence-corrected chi connectivity index (χ0v) is 10.6. The van der Waals surface area contributed by atoms with E-state index in [4.69, 9.17) is 4.74 Å². The summed E-state index contributed by atoms with van der Waals surface area (Å²) < 4.78 is 5.51. The van der Waals surface area contributed by atoms with Crippen LogP contribution in [0.5, 0.6) is 0 Å². The summed E-state index contributed by atoms with van der Waals surface area (Å²) >= 11 is 0. The fraction of sp³-hybridized carbons (Fsp3) is 0.294. The normalized spacial score (nSPS) is 30.9. The maximum absolute atomic E-state index is 10.7. The van der Waals surface area contributed by atoms with Crippen LogP contribution in [0.4, 0.5) is 0 Å². The van der Waals surface area contributed by atoms with Gasteiger partial charge in [0.05, 0.1) is 17.6 Å². The van der Waals surface area contributed by atoms with Crippen LogP contribution < -0.4 is 0 Å². The standard InChI is InChI=1S/C17H16O2/c18-16-15-14(19-15)11-17(16,12-7-3-1-4-8-12)13-9-5-2-6-10-13/h1-10,14-16,18H,11H2/t14-,15-,16-/m0/s1. The van der Waals surface area contributed by atoms with E-state index in [0.717, 1.165) is 6.42 Å². The lowest BCUT2D eigenvalue weighted by Gasteiger charge is -2.35. The van der Waals surface area contributed by atoms with Crippen LogP contribution in [0.25, 0.3) is 0 Å². The summed E-state index contributed by atoms with van der Waals surface area (Å²) in [6.45, 7) is 0. The fourth-order valence-electron chi connectivity index (χ4n) is 3.53. The van der Waals surface area contributed by atoms with Crippen LogP contribution >= 0.6 is 0 Å². The molecule has 2 heteroatoms. The summed E-state index contributed by atoms with van der Waals surface area (Å²) in [6.07, 6.45) is 0.644. The van der Waals surface area contributed by atoms with Gasteiger partial charge in [-0.05, 0) is 17.5 Å². The molecule has 0 spiro atoms. The first kappa shape index (κ1) is 11.2. The molecule has 2 aliphatic rings. The monoisotopic (exact) mass is 252 g/mol. The molecule has 1 saturated heterocycles. The molecule has 19 heavy (non-hydrogen) atoms. The van der Waals surface area contributed by atoms with Crippen molar-refractivity contribution in [1.29, 1.82) is 0 Å². The number of ether oxygens (including phenoxy) is 1. The Morgan fingerprint density at radius 3 is 1.84 bits per heavy atom. The summed E-state index contributed by atoms with van der Waals surface area (Å²) in [5.41, 5.74) is 2.06. The van der Waals surface area contributed by atoms with Crippen molar-refractivity contribution in [2.45, 2.75) is 30.1 Å². The molecule has 1 aliphatic carbocycles. The Kier molecular flexibility index (Phi) is 2.32. The number of rotatable bonds is 2. The highest BCUT2D eigenvalue weighted by atomic mass is 16.6. The number of fused-ring (bicyclic) bond motifs is 1. The predicted octanol–water partition coefficient (Wildman–Crippen LogP) is 2.50. The van der Waals surface area contributed by atoms with Gasteiger partial charge in [-0.3, -0.25) is 0 Å². The second-order valence-corrected chi connectivity index (χ2v) is 5.49. The van der Waals surface area contributed by atoms with Crippen LogP contribution in [0, 0.1) is 0 Å². The molecule has 96 valence electrons. The maximum Gasteiger partial charge on any atom is 0.111 e. The third-order valence-electron chi connectivity index (χ3n) is 4.54. The van der Waals surface area contributed by atoms with Crippen molar-refractivity contribution in [2.24, 2.45) is 0 Å². The topological polar surface area (TPSA) is 32.8 Å². The number of hydrogen-bond donors (Lipinski definition) is 1. The van der Waals surface area contributed by atoms with Gasteiger partial charge >= 0.3 is 0 Å². The predicted molar refractivity (Wildman–Crippen MR) is 72.9 cm³/mol. The molecule has 1 saturated carbocycles. The molecule has 0 aromatic heterocycles. The molecule has 2 aromatic carbocycles. The van der Waals surface area contributed by atoms with Gasteiger partial charge in [0.1, 0.15) is 6.10 Å². The number of epoxide rings is 1. The van der Waals surface area contributed by atoms with Gasteiger partial charge < -0.3 is 9.84 Å². The summed E-state index contributed by atoms with van der Waals surface area (Å²) in [5, 5.41) is 10.7. The van der Waals surface area contributed by atoms with Gasteiger partial charge in [0.2, 0.25) is 0 Å². The van der Waals surface area contributed by atoms with Crippen LogP contribution in [-0.4, -0.2) is 23.4 Å². The molecule has 4 rings (SSSR count). The minimum absolute atomic E-state index is 0.0143. The van der Waals surface area contributed by atoms with E-state index in [-0.39, 0.29) is 17.6 Å². The summed E-state index contributed by atoms with van der Waals surface area (Å²) in [4.78, 5) is 0. The van der Waals surface area contributed by atoms with Gasteiger partial charge in [-0.2, -0.15) is 0 Å². The third kappa shape index (κ3) is 1.50. The van der Waals surface area contributed by atoms with E-state index >= 15 is 0 Å². The Morgan fingerprint density at radius 1 is 0.895 bits per heavy atom. The van der Waals surface area contributed by atoms with E-state index in [1.165, 1.54) is 11.1 Å². The highest BCUT2D eigenvalue weighted by Gasteiger charge is 2.63. The van der Waals surface area contributed by atoms with Crippen LogP contribution in [-0.2, 0) is 10.2 Å². The molecule has 0 bridgehead atoms. The largest absolute Gasteiger partial charge is 0.389 e. The highest BCUT2D eigenvalue weighted by molar-refractivity contribution is 5.45. The molecule has 0 amide bonds. The molecular formula is C17H16O2. The number of hydrogen-bond acceptors (Lipinski definition) is 2. The van der Waals surface area contributed by atoms with Gasteiger partial charge in [0.25, 0.3) is 0 Å². The third-order valence-corrected chi connectivity index (χ3v) is 4.54. The molecule has 1 N–H and O–H groups in total. The average Bonchev–Trinajstić information content (AvgIpc) is 3.19. The van der Waals surface area contributed by atoms with E-state index in [1.54, 1.807) is 0 Å². The van der Waals surface area contributed by atoms with Gasteiger partial charge in [0, 0.05) is 0 Å². The van der Waals surface area contributed by atoms with Gasteiger partial charge in [-0.25, -0.2) is 0 Å². The zero-order valence-electron chi connectivity index (χ0n) is 10.6. The first-order valence-electron chi connectivity index (χ1n) is 6.77. The molecule has 1 aliphatic heterocycles. The first-order chi connectivity index (χ1) is 9.32. The quantitative estimate of drug-likeness (QED) is 0.833. The van der Waals surface area contributed by atoms with Crippen LogP contribution in [0.1, 0.15) is 17.5 Å². The second kappa shape index (κ2) is 3.92. The Bertz CT molecular complexity index is 539. The maximum atomic E-state index is 10.7. The van der Waals surface area contributed by atoms with Crippen molar-refractivity contribution in [1.82, 2.24) is 0 Å². The van der Waals surface area contributed by atoms with Gasteiger partial charge in [-0.1, -0.05) is 60.7 Å². The van der Waals surface area contributed by atoms with Gasteiger partial charge in [0.15, 0.2) is 0 Å². The summed E-state index contributed by atoms with van der Waals surface area (Å²) in [6, 6.07) is 20.6. The molecular weight excluding hydrogens is 236 g/mol. The first-order valence-corrected chi connectivity index (χ1v) is 6.77. The molecule has 2 aromatic rings. The molecule has 1 heterocycles. The lowest BCUT2D eigenvalue weighted by Crippen LogP contribution is -2.40. The van der Waals surface area contributed by atoms with Crippen molar-refractivity contribution in [3.8, 4) is 0 Å². The van der Waals surface area contributed by atoms with Crippen molar-refractivity contribution in [3.05, 3.63) is 71.8 Å². The minimum atomic E-state index is -0.456. The number of aliphatic hydroxyl groups is 1.